The van der Waals surface area contributed by atoms with E-state index in [9.17, 15) is 4.79 Å². The van der Waals surface area contributed by atoms with Crippen molar-refractivity contribution in [1.82, 2.24) is 5.32 Å². The summed E-state index contributed by atoms with van der Waals surface area (Å²) in [7, 11) is 0. The number of hydrogen-bond donors (Lipinski definition) is 2. The molecule has 1 fully saturated rings. The summed E-state index contributed by atoms with van der Waals surface area (Å²) < 4.78 is 0. The van der Waals surface area contributed by atoms with Crippen LogP contribution >= 0.6 is 12.4 Å². The topological polar surface area (TPSA) is 41.1 Å². The minimum Gasteiger partial charge on any atom is -0.376 e. The minimum absolute atomic E-state index is 0. The van der Waals surface area contributed by atoms with E-state index in [0.717, 1.165) is 25.1 Å². The van der Waals surface area contributed by atoms with E-state index < -0.39 is 0 Å². The van der Waals surface area contributed by atoms with Crippen LogP contribution in [0.5, 0.6) is 0 Å². The molecule has 0 bridgehead atoms. The van der Waals surface area contributed by atoms with Crippen LogP contribution in [-0.4, -0.2) is 19.0 Å². The molecule has 1 aliphatic rings. The van der Waals surface area contributed by atoms with Crippen LogP contribution in [0, 0.1) is 0 Å². The van der Waals surface area contributed by atoms with E-state index in [2.05, 4.69) is 34.9 Å². The molecular formula is C19H23ClN2O. The number of hydrogen-bond acceptors (Lipinski definition) is 2. The second kappa shape index (κ2) is 8.02. The highest BCUT2D eigenvalue weighted by atomic mass is 35.5. The van der Waals surface area contributed by atoms with Crippen molar-refractivity contribution in [1.29, 1.82) is 0 Å². The van der Waals surface area contributed by atoms with Gasteiger partial charge in [-0.15, -0.1) is 12.4 Å². The van der Waals surface area contributed by atoms with Crippen molar-refractivity contribution >= 4 is 24.0 Å². The molecule has 1 amide bonds. The van der Waals surface area contributed by atoms with E-state index in [1.807, 2.05) is 36.4 Å². The Balaban J connectivity index is 0.00000192. The van der Waals surface area contributed by atoms with Crippen molar-refractivity contribution in [3.05, 3.63) is 66.2 Å². The van der Waals surface area contributed by atoms with Crippen molar-refractivity contribution in [2.45, 2.75) is 24.7 Å². The Kier molecular flexibility index (Phi) is 6.05. The zero-order chi connectivity index (χ0) is 15.3. The molecule has 0 aromatic heterocycles. The van der Waals surface area contributed by atoms with Crippen LogP contribution in [0.15, 0.2) is 60.7 Å². The molecule has 23 heavy (non-hydrogen) atoms. The Labute approximate surface area is 143 Å². The third-order valence-electron chi connectivity index (χ3n) is 4.55. The number of anilines is 1. The first-order valence-electron chi connectivity index (χ1n) is 7.90. The minimum atomic E-state index is 0. The van der Waals surface area contributed by atoms with Gasteiger partial charge in [0.05, 0.1) is 6.54 Å². The second-order valence-electron chi connectivity index (χ2n) is 6.00. The van der Waals surface area contributed by atoms with E-state index >= 15 is 0 Å². The molecule has 0 radical (unpaired) electrons. The van der Waals surface area contributed by atoms with Gasteiger partial charge in [-0.25, -0.2) is 0 Å². The quantitative estimate of drug-likeness (QED) is 0.846. The fourth-order valence-corrected chi connectivity index (χ4v) is 3.03. The first-order chi connectivity index (χ1) is 10.8. The number of nitrogens with one attached hydrogen (secondary N) is 2. The van der Waals surface area contributed by atoms with E-state index in [1.165, 1.54) is 12.0 Å². The predicted molar refractivity (Wildman–Crippen MR) is 97.2 cm³/mol. The van der Waals surface area contributed by atoms with Crippen molar-refractivity contribution in [3.63, 3.8) is 0 Å². The summed E-state index contributed by atoms with van der Waals surface area (Å²) in [5, 5.41) is 6.24. The van der Waals surface area contributed by atoms with Gasteiger partial charge >= 0.3 is 0 Å². The normalized spacial score (nSPS) is 15.0. The Morgan fingerprint density at radius 3 is 2.13 bits per heavy atom. The maximum atomic E-state index is 12.1. The van der Waals surface area contributed by atoms with E-state index in [0.29, 0.717) is 6.54 Å². The molecule has 2 N–H and O–H groups in total. The van der Waals surface area contributed by atoms with Crippen molar-refractivity contribution < 1.29 is 4.79 Å². The second-order valence-corrected chi connectivity index (χ2v) is 6.00. The summed E-state index contributed by atoms with van der Waals surface area (Å²) in [6, 6.07) is 20.3. The van der Waals surface area contributed by atoms with Crippen LogP contribution < -0.4 is 10.6 Å². The average Bonchev–Trinajstić information content (AvgIpc) is 2.54. The summed E-state index contributed by atoms with van der Waals surface area (Å²) in [4.78, 5) is 12.1. The van der Waals surface area contributed by atoms with Crippen LogP contribution in [0.3, 0.4) is 0 Å². The molecule has 1 aliphatic carbocycles. The van der Waals surface area contributed by atoms with Gasteiger partial charge in [0.25, 0.3) is 0 Å². The summed E-state index contributed by atoms with van der Waals surface area (Å²) in [6.07, 6.45) is 3.56. The number of benzene rings is 2. The lowest BCUT2D eigenvalue weighted by Gasteiger charge is -2.42. The van der Waals surface area contributed by atoms with Gasteiger partial charge < -0.3 is 10.6 Å². The van der Waals surface area contributed by atoms with Crippen molar-refractivity contribution in [2.75, 3.05) is 18.4 Å². The number of amides is 1. The molecule has 0 unspecified atom stereocenters. The maximum absolute atomic E-state index is 12.1. The van der Waals surface area contributed by atoms with Gasteiger partial charge in [0, 0.05) is 17.6 Å². The third-order valence-corrected chi connectivity index (χ3v) is 4.55. The molecule has 1 saturated carbocycles. The van der Waals surface area contributed by atoms with Gasteiger partial charge in [-0.2, -0.15) is 0 Å². The fourth-order valence-electron chi connectivity index (χ4n) is 3.03. The number of rotatable bonds is 6. The standard InChI is InChI=1S/C19H22N2O.ClH/c22-18(14-20-17-10-5-2-6-11-17)21-15-19(12-7-13-19)16-8-3-1-4-9-16;/h1-6,8-11,20H,7,12-15H2,(H,21,22);1H. The Hall–Kier alpha value is -2.00. The van der Waals surface area contributed by atoms with E-state index in [4.69, 9.17) is 0 Å². The lowest BCUT2D eigenvalue weighted by atomic mass is 9.64. The zero-order valence-electron chi connectivity index (χ0n) is 13.1. The molecule has 2 aromatic carbocycles. The Morgan fingerprint density at radius 1 is 0.957 bits per heavy atom. The van der Waals surface area contributed by atoms with Crippen molar-refractivity contribution in [2.24, 2.45) is 0 Å². The summed E-state index contributed by atoms with van der Waals surface area (Å²) in [5.74, 6) is 0.0473. The van der Waals surface area contributed by atoms with E-state index in [-0.39, 0.29) is 23.7 Å². The third kappa shape index (κ3) is 4.26. The van der Waals surface area contributed by atoms with Gasteiger partial charge in [0.1, 0.15) is 0 Å². The molecule has 0 spiro atoms. The molecule has 0 heterocycles. The van der Waals surface area contributed by atoms with Gasteiger partial charge in [-0.05, 0) is 30.5 Å². The van der Waals surface area contributed by atoms with Crippen LogP contribution in [0.1, 0.15) is 24.8 Å². The molecule has 2 aromatic rings. The number of halogens is 1. The summed E-state index contributed by atoms with van der Waals surface area (Å²) in [6.45, 7) is 1.04. The highest BCUT2D eigenvalue weighted by Gasteiger charge is 2.38. The highest BCUT2D eigenvalue weighted by molar-refractivity contribution is 5.85. The van der Waals surface area contributed by atoms with Crippen LogP contribution in [0.2, 0.25) is 0 Å². The molecule has 3 rings (SSSR count). The monoisotopic (exact) mass is 330 g/mol. The number of para-hydroxylation sites is 1. The van der Waals surface area contributed by atoms with Gasteiger partial charge in [-0.1, -0.05) is 55.0 Å². The fraction of sp³-hybridized carbons (Fsp3) is 0.316. The van der Waals surface area contributed by atoms with Gasteiger partial charge in [0.2, 0.25) is 5.91 Å². The van der Waals surface area contributed by atoms with E-state index in [1.54, 1.807) is 0 Å². The first-order valence-corrected chi connectivity index (χ1v) is 7.90. The molecule has 4 heteroatoms. The molecule has 3 nitrogen and oxygen atoms in total. The molecule has 0 saturated heterocycles. The van der Waals surface area contributed by atoms with Gasteiger partial charge in [0.15, 0.2) is 0 Å². The summed E-state index contributed by atoms with van der Waals surface area (Å²) in [5.41, 5.74) is 2.46. The first kappa shape index (κ1) is 17.4. The molecular weight excluding hydrogens is 308 g/mol. The molecule has 122 valence electrons. The SMILES string of the molecule is Cl.O=C(CNc1ccccc1)NCC1(c2ccccc2)CCC1. The largest absolute Gasteiger partial charge is 0.376 e. The van der Waals surface area contributed by atoms with Crippen LogP contribution in [0.4, 0.5) is 5.69 Å². The zero-order valence-corrected chi connectivity index (χ0v) is 13.9. The number of carbonyl (C=O) groups is 1. The smallest absolute Gasteiger partial charge is 0.239 e. The maximum Gasteiger partial charge on any atom is 0.239 e. The molecule has 0 atom stereocenters. The lowest BCUT2D eigenvalue weighted by molar-refractivity contribution is -0.119. The highest BCUT2D eigenvalue weighted by Crippen LogP contribution is 2.43. The van der Waals surface area contributed by atoms with Crippen molar-refractivity contribution in [3.8, 4) is 0 Å². The Bertz CT molecular complexity index is 612. The molecule has 0 aliphatic heterocycles. The Morgan fingerprint density at radius 2 is 1.57 bits per heavy atom. The van der Waals surface area contributed by atoms with Crippen LogP contribution in [0.25, 0.3) is 0 Å². The summed E-state index contributed by atoms with van der Waals surface area (Å²) >= 11 is 0. The van der Waals surface area contributed by atoms with Crippen LogP contribution in [-0.2, 0) is 10.2 Å². The number of carbonyl (C=O) groups excluding carboxylic acids is 1. The predicted octanol–water partition coefficient (Wildman–Crippen LogP) is 3.76. The average molecular weight is 331 g/mol. The lowest BCUT2D eigenvalue weighted by Crippen LogP contribution is -2.46. The van der Waals surface area contributed by atoms with Gasteiger partial charge in [-0.3, -0.25) is 4.79 Å².